The van der Waals surface area contributed by atoms with Gasteiger partial charge in [0, 0.05) is 24.6 Å². The van der Waals surface area contributed by atoms with Gasteiger partial charge in [0.05, 0.1) is 6.61 Å². The van der Waals surface area contributed by atoms with Gasteiger partial charge in [0.2, 0.25) is 0 Å². The van der Waals surface area contributed by atoms with Gasteiger partial charge in [-0.25, -0.2) is 0 Å². The Bertz CT molecular complexity index is 771. The molecule has 1 fully saturated rings. The number of fused-ring (bicyclic) bond motifs is 1. The average molecular weight is 330 g/mol. The quantitative estimate of drug-likeness (QED) is 0.655. The molecular weight excluding hydrogens is 308 g/mol. The first-order valence-electron chi connectivity index (χ1n) is 8.01. The van der Waals surface area contributed by atoms with Gasteiger partial charge in [-0.3, -0.25) is 4.79 Å². The Morgan fingerprint density at radius 1 is 1.42 bits per heavy atom. The molecule has 1 aliphatic rings. The number of nitrogens with zero attached hydrogens (tertiary/aromatic N) is 2. The molecule has 3 rings (SSSR count). The van der Waals surface area contributed by atoms with Crippen LogP contribution in [0.1, 0.15) is 35.3 Å². The van der Waals surface area contributed by atoms with Crippen LogP contribution in [0, 0.1) is 0 Å². The number of benzene rings is 1. The predicted octanol–water partition coefficient (Wildman–Crippen LogP) is 1.64. The van der Waals surface area contributed by atoms with E-state index in [4.69, 9.17) is 20.9 Å². The zero-order valence-electron chi connectivity index (χ0n) is 13.7. The van der Waals surface area contributed by atoms with E-state index in [1.165, 1.54) is 0 Å². The van der Waals surface area contributed by atoms with Gasteiger partial charge in [-0.05, 0) is 37.0 Å². The average Bonchev–Trinajstić information content (AvgIpc) is 2.91. The van der Waals surface area contributed by atoms with Crippen molar-refractivity contribution >= 4 is 22.8 Å². The van der Waals surface area contributed by atoms with Gasteiger partial charge >= 0.3 is 0 Å². The second-order valence-electron chi connectivity index (χ2n) is 5.89. The van der Waals surface area contributed by atoms with Crippen molar-refractivity contribution in [1.82, 2.24) is 4.57 Å². The van der Waals surface area contributed by atoms with Crippen molar-refractivity contribution in [2.45, 2.75) is 32.2 Å². The molecule has 0 saturated carbocycles. The number of carbonyl (C=O) groups is 1. The summed E-state index contributed by atoms with van der Waals surface area (Å²) in [5.41, 5.74) is 13.0. The smallest absolute Gasteiger partial charge is 0.296 e. The highest BCUT2D eigenvalue weighted by molar-refractivity contribution is 6.04. The van der Waals surface area contributed by atoms with E-state index in [1.54, 1.807) is 10.6 Å². The van der Waals surface area contributed by atoms with Crippen molar-refractivity contribution in [2.75, 3.05) is 6.61 Å². The molecule has 1 aromatic carbocycles. The first-order chi connectivity index (χ1) is 11.6. The predicted molar refractivity (Wildman–Crippen MR) is 91.4 cm³/mol. The van der Waals surface area contributed by atoms with E-state index >= 15 is 0 Å². The molecule has 2 aromatic rings. The van der Waals surface area contributed by atoms with Gasteiger partial charge in [0.1, 0.15) is 5.69 Å². The summed E-state index contributed by atoms with van der Waals surface area (Å²) in [6.07, 6.45) is 2.97. The van der Waals surface area contributed by atoms with Crippen LogP contribution >= 0.6 is 0 Å². The van der Waals surface area contributed by atoms with Gasteiger partial charge in [-0.2, -0.15) is 4.99 Å². The third kappa shape index (κ3) is 3.42. The monoisotopic (exact) mass is 330 g/mol. The molecule has 1 atom stereocenters. The number of guanidine groups is 1. The maximum atomic E-state index is 12.1. The van der Waals surface area contributed by atoms with Crippen molar-refractivity contribution in [3.63, 3.8) is 0 Å². The molecule has 7 nitrogen and oxygen atoms in total. The summed E-state index contributed by atoms with van der Waals surface area (Å²) in [7, 11) is 1.81. The fourth-order valence-electron chi connectivity index (χ4n) is 2.95. The van der Waals surface area contributed by atoms with Crippen LogP contribution in [-0.2, 0) is 23.1 Å². The van der Waals surface area contributed by atoms with E-state index in [-0.39, 0.29) is 12.2 Å². The lowest BCUT2D eigenvalue weighted by atomic mass is 10.1. The lowest BCUT2D eigenvalue weighted by Crippen LogP contribution is -2.24. The fourth-order valence-corrected chi connectivity index (χ4v) is 2.95. The highest BCUT2D eigenvalue weighted by Gasteiger charge is 2.17. The van der Waals surface area contributed by atoms with Crippen LogP contribution in [0.5, 0.6) is 0 Å². The van der Waals surface area contributed by atoms with Gasteiger partial charge in [-0.1, -0.05) is 12.1 Å². The molecule has 2 heterocycles. The minimum Gasteiger partial charge on any atom is -0.370 e. The number of ether oxygens (including phenoxy) is 2. The third-order valence-corrected chi connectivity index (χ3v) is 4.19. The molecule has 0 aliphatic carbocycles. The molecule has 0 bridgehead atoms. The second-order valence-corrected chi connectivity index (χ2v) is 5.89. The van der Waals surface area contributed by atoms with E-state index in [9.17, 15) is 4.79 Å². The zero-order chi connectivity index (χ0) is 17.1. The molecule has 1 unspecified atom stereocenters. The fraction of sp³-hybridized carbons (Fsp3) is 0.412. The normalized spacial score (nSPS) is 17.8. The van der Waals surface area contributed by atoms with Crippen LogP contribution in [0.3, 0.4) is 0 Å². The van der Waals surface area contributed by atoms with E-state index in [0.29, 0.717) is 12.3 Å². The topological polar surface area (TPSA) is 105 Å². The van der Waals surface area contributed by atoms with Crippen LogP contribution < -0.4 is 11.5 Å². The van der Waals surface area contributed by atoms with Gasteiger partial charge in [0.25, 0.3) is 5.91 Å². The Morgan fingerprint density at radius 3 is 2.96 bits per heavy atom. The van der Waals surface area contributed by atoms with E-state index in [1.807, 2.05) is 25.2 Å². The van der Waals surface area contributed by atoms with Crippen LogP contribution in [0.2, 0.25) is 0 Å². The van der Waals surface area contributed by atoms with Crippen LogP contribution in [0.15, 0.2) is 29.3 Å². The zero-order valence-corrected chi connectivity index (χ0v) is 13.7. The molecule has 7 heteroatoms. The number of rotatable bonds is 4. The molecule has 1 aromatic heterocycles. The van der Waals surface area contributed by atoms with Crippen molar-refractivity contribution in [1.29, 1.82) is 0 Å². The minimum atomic E-state index is -0.462. The Labute approximate surface area is 140 Å². The minimum absolute atomic E-state index is 0.152. The first kappa shape index (κ1) is 16.5. The molecule has 1 aliphatic heterocycles. The summed E-state index contributed by atoms with van der Waals surface area (Å²) in [6, 6.07) is 7.67. The Morgan fingerprint density at radius 2 is 2.25 bits per heavy atom. The highest BCUT2D eigenvalue weighted by Crippen LogP contribution is 2.25. The number of hydrogen-bond acceptors (Lipinski definition) is 3. The van der Waals surface area contributed by atoms with Crippen molar-refractivity contribution < 1.29 is 14.3 Å². The number of aromatic nitrogens is 1. The Hall–Kier alpha value is -2.38. The molecule has 0 radical (unpaired) electrons. The summed E-state index contributed by atoms with van der Waals surface area (Å²) < 4.78 is 13.2. The van der Waals surface area contributed by atoms with E-state index in [2.05, 4.69) is 4.99 Å². The highest BCUT2D eigenvalue weighted by atomic mass is 16.7. The molecule has 128 valence electrons. The standard InChI is InChI=1S/C17H22N4O3/c1-21-13-6-4-5-11(10-24-15-7-2-3-8-23-15)12(13)9-14(21)16(22)20-17(18)19/h4-6,9,15H,2-3,7-8,10H2,1H3,(H4,18,19,20,22). The molecule has 24 heavy (non-hydrogen) atoms. The van der Waals surface area contributed by atoms with Crippen molar-refractivity contribution in [3.05, 3.63) is 35.5 Å². The van der Waals surface area contributed by atoms with Crippen molar-refractivity contribution in [3.8, 4) is 0 Å². The summed E-state index contributed by atoms with van der Waals surface area (Å²) in [6.45, 7) is 1.18. The number of aryl methyl sites for hydroxylation is 1. The number of nitrogens with two attached hydrogens (primary N) is 2. The summed E-state index contributed by atoms with van der Waals surface area (Å²) in [5, 5.41) is 0.949. The van der Waals surface area contributed by atoms with Gasteiger partial charge < -0.3 is 25.5 Å². The van der Waals surface area contributed by atoms with Crippen LogP contribution in [0.4, 0.5) is 0 Å². The number of aliphatic imine (C=N–C) groups is 1. The molecule has 0 spiro atoms. The largest absolute Gasteiger partial charge is 0.370 e. The van der Waals surface area contributed by atoms with Crippen molar-refractivity contribution in [2.24, 2.45) is 23.5 Å². The number of amides is 1. The maximum absolute atomic E-state index is 12.1. The molecule has 1 amide bonds. The number of hydrogen-bond donors (Lipinski definition) is 2. The molecular formula is C17H22N4O3. The summed E-state index contributed by atoms with van der Waals surface area (Å²) in [5.74, 6) is -0.709. The Kier molecular flexibility index (Phi) is 4.82. The van der Waals surface area contributed by atoms with Crippen LogP contribution in [0.25, 0.3) is 10.9 Å². The van der Waals surface area contributed by atoms with Crippen LogP contribution in [-0.4, -0.2) is 29.3 Å². The second kappa shape index (κ2) is 7.02. The number of carbonyl (C=O) groups excluding carboxylic acids is 1. The van der Waals surface area contributed by atoms with E-state index in [0.717, 1.165) is 42.3 Å². The molecule has 1 saturated heterocycles. The Balaban J connectivity index is 1.86. The maximum Gasteiger partial charge on any atom is 0.296 e. The van der Waals surface area contributed by atoms with E-state index < -0.39 is 5.91 Å². The molecule has 4 N–H and O–H groups in total. The SMILES string of the molecule is Cn1c(C(=O)N=C(N)N)cc2c(COC3CCCCO3)cccc21. The third-order valence-electron chi connectivity index (χ3n) is 4.19. The summed E-state index contributed by atoms with van der Waals surface area (Å²) in [4.78, 5) is 15.8. The summed E-state index contributed by atoms with van der Waals surface area (Å²) >= 11 is 0. The van der Waals surface area contributed by atoms with Gasteiger partial charge in [-0.15, -0.1) is 0 Å². The lowest BCUT2D eigenvalue weighted by Gasteiger charge is -2.22. The van der Waals surface area contributed by atoms with Gasteiger partial charge in [0.15, 0.2) is 12.2 Å². The first-order valence-corrected chi connectivity index (χ1v) is 8.01. The lowest BCUT2D eigenvalue weighted by molar-refractivity contribution is -0.168.